The van der Waals surface area contributed by atoms with E-state index in [2.05, 4.69) is 43.6 Å². The Bertz CT molecular complexity index is 356. The predicted molar refractivity (Wildman–Crippen MR) is 74.5 cm³/mol. The fourth-order valence-corrected chi connectivity index (χ4v) is 3.49. The molecule has 0 aromatic heterocycles. The average molecular weight is 251 g/mol. The number of hydrogen-bond acceptors (Lipinski definition) is 3. The Balaban J connectivity index is 1.88. The van der Waals surface area contributed by atoms with Crippen LogP contribution in [0.5, 0.6) is 0 Å². The molecule has 2 nitrogen and oxygen atoms in total. The van der Waals surface area contributed by atoms with E-state index in [0.717, 1.165) is 25.4 Å². The van der Waals surface area contributed by atoms with E-state index in [0.29, 0.717) is 11.3 Å². The SMILES string of the molecule is CNC1CCOCC1SCc1cccc(C)c1. The van der Waals surface area contributed by atoms with E-state index in [1.54, 1.807) is 0 Å². The van der Waals surface area contributed by atoms with Gasteiger partial charge in [0.1, 0.15) is 0 Å². The summed E-state index contributed by atoms with van der Waals surface area (Å²) in [4.78, 5) is 0. The molecule has 1 saturated heterocycles. The molecule has 0 amide bonds. The summed E-state index contributed by atoms with van der Waals surface area (Å²) in [5.74, 6) is 1.08. The van der Waals surface area contributed by atoms with E-state index in [1.165, 1.54) is 11.1 Å². The first-order valence-corrected chi connectivity index (χ1v) is 7.26. The maximum absolute atomic E-state index is 5.57. The van der Waals surface area contributed by atoms with Gasteiger partial charge in [-0.3, -0.25) is 0 Å². The highest BCUT2D eigenvalue weighted by atomic mass is 32.2. The van der Waals surface area contributed by atoms with Crippen LogP contribution in [-0.2, 0) is 10.5 Å². The number of nitrogens with one attached hydrogen (secondary N) is 1. The normalized spacial score (nSPS) is 24.8. The lowest BCUT2D eigenvalue weighted by Gasteiger charge is -2.30. The van der Waals surface area contributed by atoms with Crippen LogP contribution < -0.4 is 5.32 Å². The monoisotopic (exact) mass is 251 g/mol. The van der Waals surface area contributed by atoms with E-state index in [1.807, 2.05) is 11.8 Å². The van der Waals surface area contributed by atoms with Crippen LogP contribution in [0, 0.1) is 6.92 Å². The van der Waals surface area contributed by atoms with Crippen molar-refractivity contribution in [2.24, 2.45) is 0 Å². The molecule has 2 atom stereocenters. The molecular weight excluding hydrogens is 230 g/mol. The number of rotatable bonds is 4. The van der Waals surface area contributed by atoms with Crippen molar-refractivity contribution < 1.29 is 4.74 Å². The lowest BCUT2D eigenvalue weighted by atomic mass is 10.1. The van der Waals surface area contributed by atoms with E-state index in [4.69, 9.17) is 4.74 Å². The van der Waals surface area contributed by atoms with Crippen LogP contribution in [0.4, 0.5) is 0 Å². The summed E-state index contributed by atoms with van der Waals surface area (Å²) in [5.41, 5.74) is 2.75. The molecule has 1 fully saturated rings. The molecule has 1 aromatic carbocycles. The molecule has 1 aliphatic rings. The minimum atomic E-state index is 0.578. The largest absolute Gasteiger partial charge is 0.380 e. The minimum Gasteiger partial charge on any atom is -0.380 e. The average Bonchev–Trinajstić information content (AvgIpc) is 2.37. The van der Waals surface area contributed by atoms with Gasteiger partial charge in [0, 0.05) is 23.7 Å². The van der Waals surface area contributed by atoms with Crippen LogP contribution in [0.15, 0.2) is 24.3 Å². The van der Waals surface area contributed by atoms with Crippen molar-refractivity contribution >= 4 is 11.8 Å². The first-order valence-electron chi connectivity index (χ1n) is 6.22. The van der Waals surface area contributed by atoms with Crippen molar-refractivity contribution in [3.05, 3.63) is 35.4 Å². The smallest absolute Gasteiger partial charge is 0.0600 e. The van der Waals surface area contributed by atoms with Crippen molar-refractivity contribution in [2.45, 2.75) is 30.4 Å². The molecule has 0 saturated carbocycles. The molecule has 1 heterocycles. The van der Waals surface area contributed by atoms with Crippen molar-refractivity contribution in [1.82, 2.24) is 5.32 Å². The Morgan fingerprint density at radius 1 is 1.47 bits per heavy atom. The van der Waals surface area contributed by atoms with Crippen molar-refractivity contribution in [1.29, 1.82) is 0 Å². The number of hydrogen-bond donors (Lipinski definition) is 1. The van der Waals surface area contributed by atoms with Gasteiger partial charge in [-0.15, -0.1) is 11.8 Å². The maximum Gasteiger partial charge on any atom is 0.0600 e. The topological polar surface area (TPSA) is 21.3 Å². The lowest BCUT2D eigenvalue weighted by Crippen LogP contribution is -2.43. The lowest BCUT2D eigenvalue weighted by molar-refractivity contribution is 0.0850. The third-order valence-electron chi connectivity index (χ3n) is 3.22. The van der Waals surface area contributed by atoms with Crippen LogP contribution in [0.3, 0.4) is 0 Å². The summed E-state index contributed by atoms with van der Waals surface area (Å²) in [6, 6.07) is 9.36. The van der Waals surface area contributed by atoms with Crippen LogP contribution in [0.2, 0.25) is 0 Å². The fraction of sp³-hybridized carbons (Fsp3) is 0.571. The Hall–Kier alpha value is -0.510. The maximum atomic E-state index is 5.57. The Morgan fingerprint density at radius 2 is 2.35 bits per heavy atom. The second-order valence-corrected chi connectivity index (χ2v) is 5.82. The molecule has 17 heavy (non-hydrogen) atoms. The highest BCUT2D eigenvalue weighted by molar-refractivity contribution is 7.99. The first-order chi connectivity index (χ1) is 8.29. The molecule has 0 radical (unpaired) electrons. The zero-order valence-electron chi connectivity index (χ0n) is 10.6. The number of thioether (sulfide) groups is 1. The molecule has 1 aliphatic heterocycles. The Labute approximate surface area is 108 Å². The second-order valence-electron chi connectivity index (χ2n) is 4.60. The number of aryl methyl sites for hydroxylation is 1. The van der Waals surface area contributed by atoms with E-state index >= 15 is 0 Å². The molecule has 0 aliphatic carbocycles. The van der Waals surface area contributed by atoms with Gasteiger partial charge in [-0.25, -0.2) is 0 Å². The molecule has 1 N–H and O–H groups in total. The summed E-state index contributed by atoms with van der Waals surface area (Å²) < 4.78 is 5.57. The van der Waals surface area contributed by atoms with Gasteiger partial charge < -0.3 is 10.1 Å². The van der Waals surface area contributed by atoms with Gasteiger partial charge in [-0.1, -0.05) is 29.8 Å². The second kappa shape index (κ2) is 6.43. The predicted octanol–water partition coefficient (Wildman–Crippen LogP) is 2.61. The summed E-state index contributed by atoms with van der Waals surface area (Å²) in [7, 11) is 2.05. The molecule has 94 valence electrons. The Kier molecular flexibility index (Phi) is 4.89. The summed E-state index contributed by atoms with van der Waals surface area (Å²) >= 11 is 2.00. The number of benzene rings is 1. The van der Waals surface area contributed by atoms with Gasteiger partial charge >= 0.3 is 0 Å². The fourth-order valence-electron chi connectivity index (χ4n) is 2.21. The van der Waals surface area contributed by atoms with Crippen LogP contribution in [0.25, 0.3) is 0 Å². The van der Waals surface area contributed by atoms with E-state index in [9.17, 15) is 0 Å². The van der Waals surface area contributed by atoms with Crippen molar-refractivity contribution in [3.8, 4) is 0 Å². The Morgan fingerprint density at radius 3 is 3.12 bits per heavy atom. The molecule has 3 heteroatoms. The highest BCUT2D eigenvalue weighted by Gasteiger charge is 2.24. The molecule has 2 unspecified atom stereocenters. The standard InChI is InChI=1S/C14H21NOS/c1-11-4-3-5-12(8-11)10-17-14-9-16-7-6-13(14)15-2/h3-5,8,13-15H,6-7,9-10H2,1-2H3. The van der Waals surface area contributed by atoms with Gasteiger partial charge in [0.15, 0.2) is 0 Å². The molecule has 0 spiro atoms. The van der Waals surface area contributed by atoms with Crippen molar-refractivity contribution in [3.63, 3.8) is 0 Å². The third-order valence-corrected chi connectivity index (χ3v) is 4.61. The van der Waals surface area contributed by atoms with Gasteiger partial charge in [-0.05, 0) is 26.0 Å². The minimum absolute atomic E-state index is 0.578. The molecule has 1 aromatic rings. The number of ether oxygens (including phenoxy) is 1. The molecule has 0 bridgehead atoms. The van der Waals surface area contributed by atoms with Crippen LogP contribution >= 0.6 is 11.8 Å². The van der Waals surface area contributed by atoms with E-state index in [-0.39, 0.29) is 0 Å². The summed E-state index contributed by atoms with van der Waals surface area (Å²) in [5, 5.41) is 3.98. The zero-order chi connectivity index (χ0) is 12.1. The van der Waals surface area contributed by atoms with Crippen LogP contribution in [-0.4, -0.2) is 31.6 Å². The van der Waals surface area contributed by atoms with Crippen molar-refractivity contribution in [2.75, 3.05) is 20.3 Å². The van der Waals surface area contributed by atoms with Gasteiger partial charge in [0.05, 0.1) is 6.61 Å². The van der Waals surface area contributed by atoms with Gasteiger partial charge in [-0.2, -0.15) is 0 Å². The molecule has 2 rings (SSSR count). The third kappa shape index (κ3) is 3.73. The van der Waals surface area contributed by atoms with Gasteiger partial charge in [0.25, 0.3) is 0 Å². The summed E-state index contributed by atoms with van der Waals surface area (Å²) in [6.45, 7) is 3.92. The van der Waals surface area contributed by atoms with Gasteiger partial charge in [0.2, 0.25) is 0 Å². The summed E-state index contributed by atoms with van der Waals surface area (Å²) in [6.07, 6.45) is 1.13. The first kappa shape index (κ1) is 12.9. The highest BCUT2D eigenvalue weighted by Crippen LogP contribution is 2.25. The quantitative estimate of drug-likeness (QED) is 0.889. The zero-order valence-corrected chi connectivity index (χ0v) is 11.4. The van der Waals surface area contributed by atoms with Crippen LogP contribution in [0.1, 0.15) is 17.5 Å². The van der Waals surface area contributed by atoms with E-state index < -0.39 is 0 Å². The molecular formula is C14H21NOS.